The molecule has 0 spiro atoms. The number of nitrogens with zero attached hydrogens (tertiary/aromatic N) is 2. The molecule has 0 saturated carbocycles. The van der Waals surface area contributed by atoms with Crippen molar-refractivity contribution in [2.45, 2.75) is 12.8 Å². The number of nitrogens with one attached hydrogen (secondary N) is 1. The molecule has 1 aliphatic heterocycles. The van der Waals surface area contributed by atoms with E-state index in [2.05, 4.69) is 16.3 Å². The number of aromatic nitrogens is 2. The Morgan fingerprint density at radius 3 is 2.71 bits per heavy atom. The molecule has 0 aliphatic carbocycles. The summed E-state index contributed by atoms with van der Waals surface area (Å²) in [4.78, 5) is 0. The first-order chi connectivity index (χ1) is 15.1. The van der Waals surface area contributed by atoms with Gasteiger partial charge in [0.1, 0.15) is 17.4 Å². The van der Waals surface area contributed by atoms with Crippen molar-refractivity contribution >= 4 is 0 Å². The number of rotatable bonds is 6. The molecule has 1 aromatic heterocycles. The molecule has 0 bridgehead atoms. The van der Waals surface area contributed by atoms with Gasteiger partial charge in [-0.25, -0.2) is 0 Å². The molecule has 0 fully saturated rings. The third-order valence-electron chi connectivity index (χ3n) is 5.12. The number of nitrogens with two attached hydrogens (primary N) is 1. The number of benzene rings is 2. The monoisotopic (exact) mass is 418 g/mol. The summed E-state index contributed by atoms with van der Waals surface area (Å²) in [5.74, 6) is 1.74. The maximum Gasteiger partial charge on any atom is 0.244 e. The quantitative estimate of drug-likeness (QED) is 0.627. The number of fused-ring (bicyclic) bond motifs is 1. The Bertz CT molecular complexity index is 1190. The number of hydrogen-bond donors (Lipinski definition) is 2. The van der Waals surface area contributed by atoms with Crippen LogP contribution in [0.1, 0.15) is 24.0 Å². The maximum atomic E-state index is 9.89. The van der Waals surface area contributed by atoms with Crippen LogP contribution in [0.3, 0.4) is 0 Å². The van der Waals surface area contributed by atoms with Crippen molar-refractivity contribution in [2.75, 3.05) is 20.8 Å². The Morgan fingerprint density at radius 1 is 1.16 bits per heavy atom. The molecule has 1 aliphatic rings. The molecule has 1 unspecified atom stereocenters. The van der Waals surface area contributed by atoms with Crippen molar-refractivity contribution in [3.8, 4) is 40.5 Å². The minimum atomic E-state index is -0.502. The first-order valence-corrected chi connectivity index (χ1v) is 9.72. The Balaban J connectivity index is 1.91. The highest BCUT2D eigenvalue weighted by molar-refractivity contribution is 5.72. The van der Waals surface area contributed by atoms with E-state index in [9.17, 15) is 5.26 Å². The highest BCUT2D eigenvalue weighted by Gasteiger charge is 2.36. The largest absolute Gasteiger partial charge is 0.497 e. The van der Waals surface area contributed by atoms with Crippen molar-refractivity contribution in [2.24, 2.45) is 5.73 Å². The fourth-order valence-corrected chi connectivity index (χ4v) is 3.72. The summed E-state index contributed by atoms with van der Waals surface area (Å²) < 4.78 is 22.2. The molecule has 0 amide bonds. The summed E-state index contributed by atoms with van der Waals surface area (Å²) in [5.41, 5.74) is 9.45. The van der Waals surface area contributed by atoms with Gasteiger partial charge in [0.2, 0.25) is 11.8 Å². The van der Waals surface area contributed by atoms with Gasteiger partial charge < -0.3 is 24.7 Å². The summed E-state index contributed by atoms with van der Waals surface area (Å²) in [7, 11) is 3.18. The lowest BCUT2D eigenvalue weighted by Crippen LogP contribution is -2.21. The highest BCUT2D eigenvalue weighted by Crippen LogP contribution is 2.47. The number of aromatic amines is 1. The summed E-state index contributed by atoms with van der Waals surface area (Å²) in [6.45, 7) is 2.41. The normalized spacial score (nSPS) is 15.0. The van der Waals surface area contributed by atoms with Gasteiger partial charge in [-0.2, -0.15) is 5.26 Å². The minimum Gasteiger partial charge on any atom is -0.497 e. The summed E-state index contributed by atoms with van der Waals surface area (Å²) in [6.07, 6.45) is 0. The van der Waals surface area contributed by atoms with E-state index < -0.39 is 5.92 Å². The summed E-state index contributed by atoms with van der Waals surface area (Å²) >= 11 is 0. The lowest BCUT2D eigenvalue weighted by molar-refractivity contribution is 0.310. The van der Waals surface area contributed by atoms with Gasteiger partial charge in [-0.05, 0) is 36.8 Å². The molecule has 2 aromatic carbocycles. The molecule has 0 saturated heterocycles. The minimum absolute atomic E-state index is 0.0246. The van der Waals surface area contributed by atoms with Gasteiger partial charge in [-0.3, -0.25) is 5.10 Å². The second-order valence-corrected chi connectivity index (χ2v) is 6.82. The van der Waals surface area contributed by atoms with Crippen LogP contribution in [0.25, 0.3) is 11.3 Å². The molecule has 3 aromatic rings. The van der Waals surface area contributed by atoms with Gasteiger partial charge in [0.25, 0.3) is 0 Å². The molecule has 8 heteroatoms. The van der Waals surface area contributed by atoms with Crippen LogP contribution in [0.15, 0.2) is 53.9 Å². The Hall–Kier alpha value is -4.12. The molecule has 0 radical (unpaired) electrons. The van der Waals surface area contributed by atoms with E-state index in [0.717, 1.165) is 11.1 Å². The molecule has 2 heterocycles. The second kappa shape index (κ2) is 8.32. The number of H-pyrrole nitrogens is 1. The third-order valence-corrected chi connectivity index (χ3v) is 5.12. The van der Waals surface area contributed by atoms with Crippen LogP contribution in [0, 0.1) is 11.3 Å². The zero-order chi connectivity index (χ0) is 22.0. The average Bonchev–Trinajstić information content (AvgIpc) is 3.22. The highest BCUT2D eigenvalue weighted by atomic mass is 16.5. The molecule has 3 N–H and O–H groups in total. The van der Waals surface area contributed by atoms with Gasteiger partial charge in [0, 0.05) is 5.56 Å². The Labute approximate surface area is 179 Å². The lowest BCUT2D eigenvalue weighted by Gasteiger charge is -2.25. The number of methoxy groups -OCH3 is 2. The van der Waals surface area contributed by atoms with E-state index >= 15 is 0 Å². The van der Waals surface area contributed by atoms with Crippen molar-refractivity contribution < 1.29 is 18.9 Å². The summed E-state index contributed by atoms with van der Waals surface area (Å²) in [6, 6.07) is 15.3. The molecule has 158 valence electrons. The number of ether oxygens (including phenoxy) is 4. The van der Waals surface area contributed by atoms with E-state index in [1.54, 1.807) is 14.2 Å². The topological polar surface area (TPSA) is 115 Å². The van der Waals surface area contributed by atoms with E-state index in [4.69, 9.17) is 24.7 Å². The van der Waals surface area contributed by atoms with Crippen LogP contribution in [-0.2, 0) is 0 Å². The van der Waals surface area contributed by atoms with E-state index in [1.165, 1.54) is 0 Å². The van der Waals surface area contributed by atoms with Crippen molar-refractivity contribution in [3.63, 3.8) is 0 Å². The first-order valence-electron chi connectivity index (χ1n) is 9.72. The Morgan fingerprint density at radius 2 is 2.00 bits per heavy atom. The third kappa shape index (κ3) is 3.51. The van der Waals surface area contributed by atoms with Gasteiger partial charge in [0.15, 0.2) is 11.5 Å². The number of nitriles is 1. The SMILES string of the molecule is CCOc1ccc(C2C(C#N)=C(N)Oc3n[nH]c(-c4cccc(OC)c4)c32)cc1OC. The van der Waals surface area contributed by atoms with Crippen LogP contribution in [0.4, 0.5) is 0 Å². The Kier molecular flexibility index (Phi) is 5.41. The van der Waals surface area contributed by atoms with Gasteiger partial charge in [0.05, 0.1) is 38.0 Å². The maximum absolute atomic E-state index is 9.89. The molecule has 8 nitrogen and oxygen atoms in total. The van der Waals surface area contributed by atoms with Gasteiger partial charge >= 0.3 is 0 Å². The fourth-order valence-electron chi connectivity index (χ4n) is 3.72. The fraction of sp³-hybridized carbons (Fsp3) is 0.217. The number of hydrogen-bond acceptors (Lipinski definition) is 7. The molecule has 4 rings (SSSR count). The van der Waals surface area contributed by atoms with Crippen LogP contribution < -0.4 is 24.7 Å². The van der Waals surface area contributed by atoms with Crippen LogP contribution in [0.5, 0.6) is 23.1 Å². The van der Waals surface area contributed by atoms with E-state index in [-0.39, 0.29) is 5.88 Å². The van der Waals surface area contributed by atoms with Crippen molar-refractivity contribution in [1.82, 2.24) is 10.2 Å². The van der Waals surface area contributed by atoms with Crippen molar-refractivity contribution in [1.29, 1.82) is 5.26 Å². The summed E-state index contributed by atoms with van der Waals surface area (Å²) in [5, 5.41) is 17.2. The molecule has 1 atom stereocenters. The lowest BCUT2D eigenvalue weighted by atomic mass is 9.83. The molecular weight excluding hydrogens is 396 g/mol. The first kappa shape index (κ1) is 20.2. The predicted octanol–water partition coefficient (Wildman–Crippen LogP) is 3.71. The van der Waals surface area contributed by atoms with Crippen LogP contribution in [-0.4, -0.2) is 31.0 Å². The van der Waals surface area contributed by atoms with E-state index in [0.29, 0.717) is 46.6 Å². The van der Waals surface area contributed by atoms with Crippen LogP contribution >= 0.6 is 0 Å². The standard InChI is InChI=1S/C23H22N4O4/c1-4-30-17-9-8-13(11-18(17)29-3)19-16(12-24)22(25)31-23-20(19)21(26-27-23)14-6-5-7-15(10-14)28-2/h5-11,19H,4,25H2,1-3H3,(H,26,27). The van der Waals surface area contributed by atoms with E-state index in [1.807, 2.05) is 49.4 Å². The molecular formula is C23H22N4O4. The smallest absolute Gasteiger partial charge is 0.244 e. The van der Waals surface area contributed by atoms with Gasteiger partial charge in [-0.15, -0.1) is 5.10 Å². The van der Waals surface area contributed by atoms with Crippen molar-refractivity contribution in [3.05, 3.63) is 65.0 Å². The average molecular weight is 418 g/mol. The molecule has 31 heavy (non-hydrogen) atoms. The number of allylic oxidation sites excluding steroid dienone is 1. The zero-order valence-corrected chi connectivity index (χ0v) is 17.4. The predicted molar refractivity (Wildman–Crippen MR) is 114 cm³/mol. The zero-order valence-electron chi connectivity index (χ0n) is 17.4. The van der Waals surface area contributed by atoms with Crippen LogP contribution in [0.2, 0.25) is 0 Å². The second-order valence-electron chi connectivity index (χ2n) is 6.82. The van der Waals surface area contributed by atoms with Gasteiger partial charge in [-0.1, -0.05) is 18.2 Å².